The molecule has 3 rings (SSSR count). The van der Waals surface area contributed by atoms with Crippen molar-refractivity contribution in [1.29, 1.82) is 0 Å². The number of aryl methyl sites for hydroxylation is 1. The summed E-state index contributed by atoms with van der Waals surface area (Å²) in [6, 6.07) is 5.28. The van der Waals surface area contributed by atoms with Crippen molar-refractivity contribution in [3.8, 4) is 11.4 Å². The zero-order chi connectivity index (χ0) is 13.4. The van der Waals surface area contributed by atoms with Gasteiger partial charge in [0.2, 0.25) is 5.82 Å². The van der Waals surface area contributed by atoms with Crippen LogP contribution in [0.25, 0.3) is 22.4 Å². The lowest BCUT2D eigenvalue weighted by atomic mass is 10.2. The van der Waals surface area contributed by atoms with Crippen LogP contribution in [-0.2, 0) is 0 Å². The largest absolute Gasteiger partial charge is 0.304 e. The first-order chi connectivity index (χ1) is 9.15. The highest BCUT2D eigenvalue weighted by Gasteiger charge is 2.09. The van der Waals surface area contributed by atoms with Crippen molar-refractivity contribution in [2.24, 2.45) is 0 Å². The molecule has 0 saturated carbocycles. The molecule has 0 amide bonds. The van der Waals surface area contributed by atoms with Gasteiger partial charge in [-0.25, -0.2) is 4.98 Å². The summed E-state index contributed by atoms with van der Waals surface area (Å²) in [7, 11) is 0. The van der Waals surface area contributed by atoms with Crippen LogP contribution in [0.1, 0.15) is 5.69 Å². The number of nitrogens with zero attached hydrogens (tertiary/aromatic N) is 3. The van der Waals surface area contributed by atoms with E-state index in [1.54, 1.807) is 30.6 Å². The van der Waals surface area contributed by atoms with E-state index in [1.807, 2.05) is 0 Å². The third-order valence-electron chi connectivity index (χ3n) is 2.77. The van der Waals surface area contributed by atoms with E-state index in [2.05, 4.69) is 19.9 Å². The van der Waals surface area contributed by atoms with Crippen molar-refractivity contribution in [2.45, 2.75) is 6.92 Å². The maximum absolute atomic E-state index is 13.3. The number of aromatic amines is 1. The molecule has 1 N–H and O–H groups in total. The van der Waals surface area contributed by atoms with Crippen molar-refractivity contribution >= 4 is 11.0 Å². The monoisotopic (exact) mass is 256 g/mol. The SMILES string of the molecule is Cc1nc(-c2ccc3nccnc3c2)[nH]c(=O)c1F. The molecule has 0 aliphatic rings. The summed E-state index contributed by atoms with van der Waals surface area (Å²) < 4.78 is 13.3. The first-order valence-electron chi connectivity index (χ1n) is 5.63. The van der Waals surface area contributed by atoms with Gasteiger partial charge in [0.15, 0.2) is 0 Å². The van der Waals surface area contributed by atoms with E-state index in [9.17, 15) is 9.18 Å². The fourth-order valence-corrected chi connectivity index (χ4v) is 1.82. The van der Waals surface area contributed by atoms with Crippen molar-refractivity contribution < 1.29 is 4.39 Å². The normalized spacial score (nSPS) is 10.8. The summed E-state index contributed by atoms with van der Waals surface area (Å²) in [6.45, 7) is 1.45. The van der Waals surface area contributed by atoms with Crippen LogP contribution in [0.2, 0.25) is 0 Å². The molecular weight excluding hydrogens is 247 g/mol. The number of halogens is 1. The van der Waals surface area contributed by atoms with Crippen molar-refractivity contribution in [2.75, 3.05) is 0 Å². The lowest BCUT2D eigenvalue weighted by Crippen LogP contribution is -2.15. The van der Waals surface area contributed by atoms with Gasteiger partial charge < -0.3 is 4.98 Å². The molecule has 0 atom stereocenters. The second kappa shape index (κ2) is 4.24. The summed E-state index contributed by atoms with van der Waals surface area (Å²) in [4.78, 5) is 26.2. The van der Waals surface area contributed by atoms with E-state index in [0.717, 1.165) is 5.52 Å². The van der Waals surface area contributed by atoms with Gasteiger partial charge in [0, 0.05) is 18.0 Å². The van der Waals surface area contributed by atoms with Crippen molar-refractivity contribution in [3.63, 3.8) is 0 Å². The van der Waals surface area contributed by atoms with E-state index in [1.165, 1.54) is 6.92 Å². The predicted molar refractivity (Wildman–Crippen MR) is 68.1 cm³/mol. The van der Waals surface area contributed by atoms with Crippen LogP contribution >= 0.6 is 0 Å². The number of nitrogens with one attached hydrogen (secondary N) is 1. The predicted octanol–water partition coefficient (Wildman–Crippen LogP) is 1.83. The van der Waals surface area contributed by atoms with Crippen molar-refractivity contribution in [1.82, 2.24) is 19.9 Å². The molecule has 5 nitrogen and oxygen atoms in total. The molecule has 0 spiro atoms. The van der Waals surface area contributed by atoms with E-state index in [4.69, 9.17) is 0 Å². The molecule has 0 aliphatic carbocycles. The number of H-pyrrole nitrogens is 1. The third kappa shape index (κ3) is 1.97. The fourth-order valence-electron chi connectivity index (χ4n) is 1.82. The molecule has 19 heavy (non-hydrogen) atoms. The average molecular weight is 256 g/mol. The Morgan fingerprint density at radius 1 is 1.16 bits per heavy atom. The highest BCUT2D eigenvalue weighted by molar-refractivity contribution is 5.79. The lowest BCUT2D eigenvalue weighted by molar-refractivity contribution is 0.589. The van der Waals surface area contributed by atoms with Crippen LogP contribution in [0.4, 0.5) is 4.39 Å². The highest BCUT2D eigenvalue weighted by atomic mass is 19.1. The second-order valence-electron chi connectivity index (χ2n) is 4.07. The van der Waals surface area contributed by atoms with Crippen LogP contribution in [-0.4, -0.2) is 19.9 Å². The summed E-state index contributed by atoms with van der Waals surface area (Å²) in [5, 5.41) is 0. The summed E-state index contributed by atoms with van der Waals surface area (Å²) >= 11 is 0. The average Bonchev–Trinajstić information content (AvgIpc) is 2.43. The van der Waals surface area contributed by atoms with Gasteiger partial charge in [-0.3, -0.25) is 14.8 Å². The molecule has 1 aromatic carbocycles. The number of rotatable bonds is 1. The van der Waals surface area contributed by atoms with E-state index in [-0.39, 0.29) is 5.69 Å². The maximum Gasteiger partial charge on any atom is 0.287 e. The maximum atomic E-state index is 13.3. The second-order valence-corrected chi connectivity index (χ2v) is 4.07. The van der Waals surface area contributed by atoms with Crippen LogP contribution in [0.5, 0.6) is 0 Å². The smallest absolute Gasteiger partial charge is 0.287 e. The molecular formula is C13H9FN4O. The minimum absolute atomic E-state index is 0.0676. The summed E-state index contributed by atoms with van der Waals surface area (Å²) in [5.74, 6) is -0.541. The number of benzene rings is 1. The van der Waals surface area contributed by atoms with Gasteiger partial charge >= 0.3 is 0 Å². The van der Waals surface area contributed by atoms with Crippen molar-refractivity contribution in [3.05, 3.63) is 52.5 Å². The molecule has 6 heteroatoms. The van der Waals surface area contributed by atoms with Gasteiger partial charge in [0.05, 0.1) is 16.7 Å². The first kappa shape index (κ1) is 11.5. The van der Waals surface area contributed by atoms with Gasteiger partial charge in [-0.05, 0) is 25.1 Å². The van der Waals surface area contributed by atoms with Gasteiger partial charge in [-0.2, -0.15) is 4.39 Å². The Kier molecular flexibility index (Phi) is 2.56. The Bertz CT molecular complexity index is 828. The topological polar surface area (TPSA) is 71.5 Å². The fraction of sp³-hybridized carbons (Fsp3) is 0.0769. The Morgan fingerprint density at radius 2 is 1.89 bits per heavy atom. The zero-order valence-electron chi connectivity index (χ0n) is 10.0. The minimum Gasteiger partial charge on any atom is -0.304 e. The van der Waals surface area contributed by atoms with Crippen LogP contribution in [0, 0.1) is 12.7 Å². The van der Waals surface area contributed by atoms with Gasteiger partial charge in [-0.1, -0.05) is 0 Å². The number of aromatic nitrogens is 4. The molecule has 0 radical (unpaired) electrons. The molecule has 2 aromatic heterocycles. The Hall–Kier alpha value is -2.63. The first-order valence-corrected chi connectivity index (χ1v) is 5.63. The minimum atomic E-state index is -0.857. The van der Waals surface area contributed by atoms with E-state index >= 15 is 0 Å². The lowest BCUT2D eigenvalue weighted by Gasteiger charge is -2.03. The van der Waals surface area contributed by atoms with E-state index in [0.29, 0.717) is 16.9 Å². The molecule has 0 fully saturated rings. The Labute approximate surface area is 107 Å². The van der Waals surface area contributed by atoms with Gasteiger partial charge in [-0.15, -0.1) is 0 Å². The Morgan fingerprint density at radius 3 is 2.63 bits per heavy atom. The van der Waals surface area contributed by atoms with Crippen LogP contribution in [0.15, 0.2) is 35.4 Å². The number of hydrogen-bond donors (Lipinski definition) is 1. The molecule has 2 heterocycles. The molecule has 0 bridgehead atoms. The molecule has 0 unspecified atom stereocenters. The third-order valence-corrected chi connectivity index (χ3v) is 2.77. The van der Waals surface area contributed by atoms with E-state index < -0.39 is 11.4 Å². The Balaban J connectivity index is 2.22. The van der Waals surface area contributed by atoms with Gasteiger partial charge in [0.1, 0.15) is 5.82 Å². The molecule has 0 saturated heterocycles. The molecule has 3 aromatic rings. The molecule has 0 aliphatic heterocycles. The van der Waals surface area contributed by atoms with Crippen LogP contribution in [0.3, 0.4) is 0 Å². The molecule has 94 valence electrons. The number of hydrogen-bond acceptors (Lipinski definition) is 4. The van der Waals surface area contributed by atoms with Gasteiger partial charge in [0.25, 0.3) is 5.56 Å². The highest BCUT2D eigenvalue weighted by Crippen LogP contribution is 2.18. The van der Waals surface area contributed by atoms with Crippen LogP contribution < -0.4 is 5.56 Å². The quantitative estimate of drug-likeness (QED) is 0.721. The zero-order valence-corrected chi connectivity index (χ0v) is 10.0. The number of fused-ring (bicyclic) bond motifs is 1. The standard InChI is InChI=1S/C13H9FN4O/c1-7-11(14)13(19)18-12(17-7)8-2-3-9-10(6-8)16-5-4-15-9/h2-6H,1H3,(H,17,18,19). The summed E-state index contributed by atoms with van der Waals surface area (Å²) in [5.41, 5.74) is 1.38. The summed E-state index contributed by atoms with van der Waals surface area (Å²) in [6.07, 6.45) is 3.18.